The number of nitrogens with zero attached hydrogens (tertiary/aromatic N) is 4. The number of hydrogen-bond donors (Lipinski definition) is 0. The van der Waals surface area contributed by atoms with Crippen LogP contribution in [-0.4, -0.2) is 21.7 Å². The predicted molar refractivity (Wildman–Crippen MR) is 81.7 cm³/mol. The Kier molecular flexibility index (Phi) is 2.83. The van der Waals surface area contributed by atoms with E-state index in [9.17, 15) is 0 Å². The van der Waals surface area contributed by atoms with E-state index in [2.05, 4.69) is 11.2 Å². The van der Waals surface area contributed by atoms with Gasteiger partial charge in [0, 0.05) is 17.5 Å². The number of aromatic nitrogens is 3. The van der Waals surface area contributed by atoms with Crippen LogP contribution in [0, 0.1) is 11.3 Å². The van der Waals surface area contributed by atoms with Crippen LogP contribution < -0.4 is 4.74 Å². The van der Waals surface area contributed by atoms with Gasteiger partial charge in [-0.3, -0.25) is 0 Å². The summed E-state index contributed by atoms with van der Waals surface area (Å²) in [5.41, 5.74) is 3.32. The molecular weight excluding hydrogens is 276 g/mol. The molecule has 108 valence electrons. The van der Waals surface area contributed by atoms with Gasteiger partial charge in [-0.15, -0.1) is 5.10 Å². The second kappa shape index (κ2) is 4.85. The maximum atomic E-state index is 9.09. The molecule has 1 aliphatic rings. The summed E-state index contributed by atoms with van der Waals surface area (Å²) < 4.78 is 7.14. The fourth-order valence-electron chi connectivity index (χ4n) is 2.61. The molecule has 1 fully saturated rings. The number of ether oxygens (including phenoxy) is 1. The molecule has 0 unspecified atom stereocenters. The number of nitriles is 1. The lowest BCUT2D eigenvalue weighted by atomic mass is 10.0. The zero-order valence-electron chi connectivity index (χ0n) is 12.2. The van der Waals surface area contributed by atoms with Crippen molar-refractivity contribution in [3.63, 3.8) is 0 Å². The van der Waals surface area contributed by atoms with Crippen LogP contribution in [0.4, 0.5) is 0 Å². The number of benzene rings is 1. The lowest BCUT2D eigenvalue weighted by Gasteiger charge is -2.07. The number of methoxy groups -OCH3 is 1. The third-order valence-corrected chi connectivity index (χ3v) is 3.92. The average molecular weight is 290 g/mol. The van der Waals surface area contributed by atoms with Gasteiger partial charge in [-0.1, -0.05) is 12.1 Å². The summed E-state index contributed by atoms with van der Waals surface area (Å²) in [5, 5.41) is 13.7. The van der Waals surface area contributed by atoms with Gasteiger partial charge in [0.15, 0.2) is 11.5 Å². The van der Waals surface area contributed by atoms with Crippen molar-refractivity contribution < 1.29 is 4.74 Å². The number of rotatable bonds is 3. The van der Waals surface area contributed by atoms with E-state index in [1.165, 1.54) is 0 Å². The third kappa shape index (κ3) is 2.01. The molecule has 1 aliphatic carbocycles. The normalized spacial score (nSPS) is 14.0. The smallest absolute Gasteiger partial charge is 0.216 e. The monoisotopic (exact) mass is 290 g/mol. The molecule has 0 aliphatic heterocycles. The summed E-state index contributed by atoms with van der Waals surface area (Å²) in [6.45, 7) is 0. The maximum Gasteiger partial charge on any atom is 0.216 e. The first-order chi connectivity index (χ1) is 10.8. The molecule has 2 heterocycles. The van der Waals surface area contributed by atoms with Crippen LogP contribution >= 0.6 is 0 Å². The highest BCUT2D eigenvalue weighted by molar-refractivity contribution is 5.78. The van der Waals surface area contributed by atoms with Gasteiger partial charge in [0.25, 0.3) is 0 Å². The van der Waals surface area contributed by atoms with E-state index in [0.29, 0.717) is 17.4 Å². The zero-order chi connectivity index (χ0) is 15.1. The van der Waals surface area contributed by atoms with Gasteiger partial charge in [-0.2, -0.15) is 9.78 Å². The molecule has 5 heteroatoms. The molecule has 4 rings (SSSR count). The predicted octanol–water partition coefficient (Wildman–Crippen LogP) is 3.15. The van der Waals surface area contributed by atoms with Crippen LogP contribution in [0.5, 0.6) is 5.88 Å². The molecule has 0 saturated heterocycles. The summed E-state index contributed by atoms with van der Waals surface area (Å²) in [7, 11) is 1.63. The first kappa shape index (κ1) is 12.8. The molecule has 0 atom stereocenters. The van der Waals surface area contributed by atoms with E-state index in [0.717, 1.165) is 35.4 Å². The van der Waals surface area contributed by atoms with Crippen molar-refractivity contribution in [2.45, 2.75) is 18.8 Å². The Labute approximate surface area is 127 Å². The second-order valence-electron chi connectivity index (χ2n) is 5.46. The van der Waals surface area contributed by atoms with Crippen LogP contribution in [0.3, 0.4) is 0 Å². The van der Waals surface area contributed by atoms with Gasteiger partial charge >= 0.3 is 0 Å². The zero-order valence-corrected chi connectivity index (χ0v) is 12.2. The van der Waals surface area contributed by atoms with Crippen molar-refractivity contribution in [1.82, 2.24) is 14.6 Å². The molecule has 0 amide bonds. The van der Waals surface area contributed by atoms with E-state index in [4.69, 9.17) is 15.0 Å². The summed E-state index contributed by atoms with van der Waals surface area (Å²) in [5.74, 6) is 2.01. The van der Waals surface area contributed by atoms with E-state index in [-0.39, 0.29) is 0 Å². The summed E-state index contributed by atoms with van der Waals surface area (Å²) in [4.78, 5) is 4.70. The fraction of sp³-hybridized carbons (Fsp3) is 0.235. The molecule has 0 bridgehead atoms. The summed E-state index contributed by atoms with van der Waals surface area (Å²) in [6, 6.07) is 13.5. The Balaban J connectivity index is 1.95. The van der Waals surface area contributed by atoms with Gasteiger partial charge in [0.05, 0.1) is 18.7 Å². The molecule has 22 heavy (non-hydrogen) atoms. The average Bonchev–Trinajstić information content (AvgIpc) is 3.32. The van der Waals surface area contributed by atoms with Crippen molar-refractivity contribution in [1.29, 1.82) is 5.26 Å². The highest BCUT2D eigenvalue weighted by Crippen LogP contribution is 2.39. The van der Waals surface area contributed by atoms with E-state index >= 15 is 0 Å². The van der Waals surface area contributed by atoms with Crippen LogP contribution in [0.15, 0.2) is 36.4 Å². The van der Waals surface area contributed by atoms with Crippen LogP contribution in [0.1, 0.15) is 30.1 Å². The maximum absolute atomic E-state index is 9.09. The number of pyridine rings is 1. The molecule has 0 radical (unpaired) electrons. The molecule has 1 aromatic carbocycles. The van der Waals surface area contributed by atoms with E-state index < -0.39 is 0 Å². The molecule has 0 N–H and O–H groups in total. The first-order valence-corrected chi connectivity index (χ1v) is 7.24. The minimum atomic E-state index is 0.475. The molecular formula is C17H14N4O. The highest BCUT2D eigenvalue weighted by atomic mass is 16.5. The Morgan fingerprint density at radius 2 is 2.14 bits per heavy atom. The van der Waals surface area contributed by atoms with Crippen LogP contribution in [0.2, 0.25) is 0 Å². The number of fused-ring (bicyclic) bond motifs is 1. The van der Waals surface area contributed by atoms with E-state index in [1.54, 1.807) is 17.7 Å². The first-order valence-electron chi connectivity index (χ1n) is 7.24. The minimum Gasteiger partial charge on any atom is -0.481 e. The quantitative estimate of drug-likeness (QED) is 0.743. The minimum absolute atomic E-state index is 0.475. The topological polar surface area (TPSA) is 63.2 Å². The van der Waals surface area contributed by atoms with Gasteiger partial charge < -0.3 is 4.74 Å². The van der Waals surface area contributed by atoms with Gasteiger partial charge in [0.2, 0.25) is 5.88 Å². The molecule has 2 aromatic heterocycles. The van der Waals surface area contributed by atoms with Crippen molar-refractivity contribution >= 4 is 5.65 Å². The standard InChI is InChI=1S/C17H14N4O/c1-22-15-8-7-14(13-4-2-3-11(9-13)10-18)17-19-16(12-5-6-12)20-21(15)17/h2-4,7-9,12H,5-6H2,1H3. The highest BCUT2D eigenvalue weighted by Gasteiger charge is 2.29. The Morgan fingerprint density at radius 3 is 2.86 bits per heavy atom. The molecule has 1 saturated carbocycles. The van der Waals surface area contributed by atoms with Crippen molar-refractivity contribution in [3.05, 3.63) is 47.8 Å². The Bertz CT molecular complexity index is 903. The largest absolute Gasteiger partial charge is 0.481 e. The Hall–Kier alpha value is -2.87. The molecule has 3 aromatic rings. The van der Waals surface area contributed by atoms with Crippen LogP contribution in [0.25, 0.3) is 16.8 Å². The van der Waals surface area contributed by atoms with E-state index in [1.807, 2.05) is 30.3 Å². The summed E-state index contributed by atoms with van der Waals surface area (Å²) in [6.07, 6.45) is 2.30. The molecule has 0 spiro atoms. The van der Waals surface area contributed by atoms with Gasteiger partial charge in [-0.05, 0) is 36.6 Å². The SMILES string of the molecule is COc1ccc(-c2cccc(C#N)c2)c2nc(C3CC3)nn12. The van der Waals surface area contributed by atoms with Crippen molar-refractivity contribution in [2.75, 3.05) is 7.11 Å². The number of hydrogen-bond acceptors (Lipinski definition) is 4. The molecule has 5 nitrogen and oxygen atoms in total. The van der Waals surface area contributed by atoms with Gasteiger partial charge in [-0.25, -0.2) is 4.98 Å². The van der Waals surface area contributed by atoms with Crippen LogP contribution in [-0.2, 0) is 0 Å². The summed E-state index contributed by atoms with van der Waals surface area (Å²) >= 11 is 0. The second-order valence-corrected chi connectivity index (χ2v) is 5.46. The van der Waals surface area contributed by atoms with Gasteiger partial charge in [0.1, 0.15) is 0 Å². The third-order valence-electron chi connectivity index (χ3n) is 3.92. The fourth-order valence-corrected chi connectivity index (χ4v) is 2.61. The Morgan fingerprint density at radius 1 is 1.27 bits per heavy atom. The lowest BCUT2D eigenvalue weighted by Crippen LogP contribution is -1.97. The lowest BCUT2D eigenvalue weighted by molar-refractivity contribution is 0.385. The van der Waals surface area contributed by atoms with Crippen molar-refractivity contribution in [3.8, 4) is 23.1 Å². The van der Waals surface area contributed by atoms with Crippen molar-refractivity contribution in [2.24, 2.45) is 0 Å².